The predicted octanol–water partition coefficient (Wildman–Crippen LogP) is 0.642. The molecule has 3 rings (SSSR count). The van der Waals surface area contributed by atoms with Gasteiger partial charge in [0.15, 0.2) is 0 Å². The minimum absolute atomic E-state index is 0. The van der Waals surface area contributed by atoms with E-state index in [4.69, 9.17) is 0 Å². The Balaban J connectivity index is 0.00000176. The summed E-state index contributed by atoms with van der Waals surface area (Å²) >= 11 is 1.94. The molecule has 0 bridgehead atoms. The van der Waals surface area contributed by atoms with E-state index in [1.54, 1.807) is 0 Å². The molecular weight excluding hydrogens is 434 g/mol. The van der Waals surface area contributed by atoms with Gasteiger partial charge in [-0.25, -0.2) is 0 Å². The van der Waals surface area contributed by atoms with Crippen LogP contribution in [0.2, 0.25) is 0 Å². The molecule has 2 aliphatic carbocycles. The van der Waals surface area contributed by atoms with Crippen LogP contribution in [0.4, 0.5) is 0 Å². The molecule has 0 nitrogen and oxygen atoms in total. The molecule has 24 heavy (non-hydrogen) atoms. The van der Waals surface area contributed by atoms with Crippen molar-refractivity contribution >= 4 is 28.6 Å². The molecule has 0 amide bonds. The minimum atomic E-state index is 0. The van der Waals surface area contributed by atoms with Crippen molar-refractivity contribution in [3.05, 3.63) is 50.3 Å². The van der Waals surface area contributed by atoms with Gasteiger partial charge in [-0.1, -0.05) is 44.6 Å². The zero-order valence-electron chi connectivity index (χ0n) is 15.2. The third-order valence-corrected chi connectivity index (χ3v) is 5.45. The van der Waals surface area contributed by atoms with Crippen molar-refractivity contribution in [2.24, 2.45) is 5.41 Å². The summed E-state index contributed by atoms with van der Waals surface area (Å²) in [5.41, 5.74) is 9.02. The Morgan fingerprint density at radius 3 is 2.17 bits per heavy atom. The van der Waals surface area contributed by atoms with E-state index in [0.29, 0.717) is 0 Å². The van der Waals surface area contributed by atoms with Crippen LogP contribution in [0, 0.1) is 12.3 Å². The number of halogens is 2. The molecule has 1 aromatic heterocycles. The molecule has 0 unspecified atom stereocenters. The van der Waals surface area contributed by atoms with Gasteiger partial charge in [0.2, 0.25) is 0 Å². The molecule has 1 aromatic rings. The van der Waals surface area contributed by atoms with Gasteiger partial charge in [-0.2, -0.15) is 0 Å². The molecule has 0 spiro atoms. The standard InChI is InChI=1S/C20H24S.2ClH.Zr/c1-12(2)16-9-10-17-19(16)18(13(3)21-17)14-7-8-15(11-14)20(4,5)6;;;/h8-11H,7H2,1-6H3;2*1H;/q;;;+2/p-2. The van der Waals surface area contributed by atoms with E-state index >= 15 is 0 Å². The maximum atomic E-state index is 2.43. The fraction of sp³-hybridized carbons (Fsp3) is 0.400. The average Bonchev–Trinajstić information content (AvgIpc) is 3.00. The van der Waals surface area contributed by atoms with Crippen LogP contribution in [-0.4, -0.2) is 0 Å². The fourth-order valence-electron chi connectivity index (χ4n) is 3.22. The Hall–Kier alpha value is 0.123. The van der Waals surface area contributed by atoms with Crippen molar-refractivity contribution < 1.29 is 51.0 Å². The summed E-state index contributed by atoms with van der Waals surface area (Å²) in [5.74, 6) is 0. The monoisotopic (exact) mass is 456 g/mol. The van der Waals surface area contributed by atoms with Gasteiger partial charge in [0, 0.05) is 20.9 Å². The van der Waals surface area contributed by atoms with E-state index in [2.05, 4.69) is 65.8 Å². The first-order chi connectivity index (χ1) is 9.79. The maximum absolute atomic E-state index is 2.43. The number of rotatable bonds is 1. The third kappa shape index (κ3) is 4.26. The Morgan fingerprint density at radius 2 is 1.67 bits per heavy atom. The average molecular weight is 459 g/mol. The molecule has 0 N–H and O–H groups in total. The van der Waals surface area contributed by atoms with Crippen molar-refractivity contribution in [2.45, 2.75) is 48.0 Å². The summed E-state index contributed by atoms with van der Waals surface area (Å²) in [6, 6.07) is 0. The molecule has 0 atom stereocenters. The van der Waals surface area contributed by atoms with Crippen molar-refractivity contribution in [3.63, 3.8) is 0 Å². The molecule has 0 radical (unpaired) electrons. The van der Waals surface area contributed by atoms with E-state index in [-0.39, 0.29) is 56.4 Å². The smallest absolute Gasteiger partial charge is 1.00 e. The second-order valence-corrected chi connectivity index (χ2v) is 8.56. The second-order valence-electron chi connectivity index (χ2n) is 7.30. The Kier molecular flexibility index (Phi) is 8.72. The Labute approximate surface area is 182 Å². The van der Waals surface area contributed by atoms with Crippen LogP contribution in [0.1, 0.15) is 61.9 Å². The summed E-state index contributed by atoms with van der Waals surface area (Å²) in [7, 11) is 0. The molecule has 0 aliphatic heterocycles. The maximum Gasteiger partial charge on any atom is 2.00 e. The first-order valence-corrected chi connectivity index (χ1v) is 8.51. The van der Waals surface area contributed by atoms with Crippen molar-refractivity contribution in [3.8, 4) is 0 Å². The van der Waals surface area contributed by atoms with Crippen molar-refractivity contribution in [1.29, 1.82) is 0 Å². The first kappa shape index (κ1) is 24.1. The van der Waals surface area contributed by atoms with E-state index < -0.39 is 0 Å². The van der Waals surface area contributed by atoms with Crippen molar-refractivity contribution in [1.82, 2.24) is 0 Å². The number of aryl methyl sites for hydroxylation is 1. The topological polar surface area (TPSA) is 0 Å². The van der Waals surface area contributed by atoms with Crippen LogP contribution in [-0.2, 0) is 26.2 Å². The van der Waals surface area contributed by atoms with Gasteiger partial charge in [-0.15, -0.1) is 11.3 Å². The van der Waals surface area contributed by atoms with Gasteiger partial charge < -0.3 is 24.8 Å². The SMILES string of the molecule is CC(C)=C1C=Cc2sc(C)c(C3=CC(C(C)(C)C)=CC3)c21.[Cl-].[Cl-].[Zr+2]. The summed E-state index contributed by atoms with van der Waals surface area (Å²) < 4.78 is 0. The first-order valence-electron chi connectivity index (χ1n) is 7.70. The molecule has 4 heteroatoms. The fourth-order valence-corrected chi connectivity index (χ4v) is 4.33. The largest absolute Gasteiger partial charge is 2.00 e. The molecule has 128 valence electrons. The summed E-state index contributed by atoms with van der Waals surface area (Å²) in [6.07, 6.45) is 10.5. The van der Waals surface area contributed by atoms with Crippen LogP contribution in [0.3, 0.4) is 0 Å². The Bertz CT molecular complexity index is 736. The van der Waals surface area contributed by atoms with Crippen LogP contribution in [0.15, 0.2) is 29.4 Å². The van der Waals surface area contributed by atoms with E-state index in [9.17, 15) is 0 Å². The number of hydrogen-bond acceptors (Lipinski definition) is 1. The molecule has 0 fully saturated rings. The number of allylic oxidation sites excluding steroid dienone is 7. The van der Waals surface area contributed by atoms with Crippen LogP contribution in [0.5, 0.6) is 0 Å². The van der Waals surface area contributed by atoms with Gasteiger partial charge in [0.1, 0.15) is 0 Å². The minimum Gasteiger partial charge on any atom is -1.00 e. The molecule has 0 saturated carbocycles. The van der Waals surface area contributed by atoms with Gasteiger partial charge in [0.25, 0.3) is 0 Å². The zero-order chi connectivity index (χ0) is 15.4. The normalized spacial score (nSPS) is 15.0. The molecule has 0 saturated heterocycles. The van der Waals surface area contributed by atoms with Crippen LogP contribution < -0.4 is 24.8 Å². The second kappa shape index (κ2) is 8.67. The molecule has 1 heterocycles. The summed E-state index contributed by atoms with van der Waals surface area (Å²) in [6.45, 7) is 13.6. The van der Waals surface area contributed by atoms with Crippen molar-refractivity contribution in [2.75, 3.05) is 0 Å². The Morgan fingerprint density at radius 1 is 1.04 bits per heavy atom. The molecular formula is C20H24Cl2SZr. The van der Waals surface area contributed by atoms with Crippen LogP contribution >= 0.6 is 11.3 Å². The van der Waals surface area contributed by atoms with E-state index in [1.165, 1.54) is 43.2 Å². The summed E-state index contributed by atoms with van der Waals surface area (Å²) in [5, 5.41) is 0. The quantitative estimate of drug-likeness (QED) is 0.580. The molecule has 0 aromatic carbocycles. The van der Waals surface area contributed by atoms with E-state index in [0.717, 1.165) is 6.42 Å². The van der Waals surface area contributed by atoms with Gasteiger partial charge in [0.05, 0.1) is 0 Å². The summed E-state index contributed by atoms with van der Waals surface area (Å²) in [4.78, 5) is 2.89. The van der Waals surface area contributed by atoms with Gasteiger partial charge >= 0.3 is 26.2 Å². The number of fused-ring (bicyclic) bond motifs is 1. The number of hydrogen-bond donors (Lipinski definition) is 0. The van der Waals surface area contributed by atoms with Gasteiger partial charge in [-0.3, -0.25) is 0 Å². The van der Waals surface area contributed by atoms with Gasteiger partial charge in [-0.05, 0) is 55.4 Å². The predicted molar refractivity (Wildman–Crippen MR) is 96.5 cm³/mol. The molecule has 2 aliphatic rings. The van der Waals surface area contributed by atoms with Crippen LogP contribution in [0.25, 0.3) is 17.2 Å². The number of thiophene rings is 1. The van der Waals surface area contributed by atoms with E-state index in [1.807, 2.05) is 11.3 Å². The third-order valence-electron chi connectivity index (χ3n) is 4.38. The zero-order valence-corrected chi connectivity index (χ0v) is 20.0.